The Kier molecular flexibility index (Phi) is 5.79. The molecule has 0 spiro atoms. The van der Waals surface area contributed by atoms with E-state index in [9.17, 15) is 8.42 Å². The molecule has 1 N–H and O–H groups in total. The van der Waals surface area contributed by atoms with Gasteiger partial charge in [0.1, 0.15) is 11.5 Å². The van der Waals surface area contributed by atoms with Crippen molar-refractivity contribution in [2.45, 2.75) is 18.4 Å². The summed E-state index contributed by atoms with van der Waals surface area (Å²) in [6.45, 7) is 1.89. The van der Waals surface area contributed by atoms with E-state index in [1.807, 2.05) is 0 Å². The van der Waals surface area contributed by atoms with Gasteiger partial charge in [-0.25, -0.2) is 18.4 Å². The number of sulfonamides is 1. The second kappa shape index (κ2) is 8.08. The second-order valence-electron chi connectivity index (χ2n) is 5.47. The van der Waals surface area contributed by atoms with E-state index in [0.29, 0.717) is 5.69 Å². The minimum atomic E-state index is -4.04. The van der Waals surface area contributed by atoms with Crippen LogP contribution in [0.5, 0.6) is 5.88 Å². The number of halogens is 2. The topological polar surface area (TPSA) is 94.1 Å². The van der Waals surface area contributed by atoms with Gasteiger partial charge in [0.25, 0.3) is 15.9 Å². The first-order valence-corrected chi connectivity index (χ1v) is 9.93. The van der Waals surface area contributed by atoms with Gasteiger partial charge >= 0.3 is 0 Å². The quantitative estimate of drug-likeness (QED) is 0.645. The van der Waals surface area contributed by atoms with Crippen LogP contribution < -0.4 is 9.46 Å². The van der Waals surface area contributed by atoms with E-state index < -0.39 is 10.0 Å². The van der Waals surface area contributed by atoms with E-state index in [1.165, 1.54) is 24.4 Å². The van der Waals surface area contributed by atoms with Crippen LogP contribution in [-0.4, -0.2) is 23.4 Å². The molecule has 140 valence electrons. The van der Waals surface area contributed by atoms with Crippen molar-refractivity contribution in [1.82, 2.24) is 15.0 Å². The van der Waals surface area contributed by atoms with Crippen LogP contribution in [0.2, 0.25) is 10.0 Å². The Labute approximate surface area is 166 Å². The predicted molar refractivity (Wildman–Crippen MR) is 103 cm³/mol. The molecule has 0 aliphatic heterocycles. The molecule has 3 rings (SSSR count). The van der Waals surface area contributed by atoms with Gasteiger partial charge in [0.15, 0.2) is 0 Å². The molecule has 0 saturated heterocycles. The van der Waals surface area contributed by atoms with Gasteiger partial charge in [0, 0.05) is 12.4 Å². The predicted octanol–water partition coefficient (Wildman–Crippen LogP) is 3.87. The Balaban J connectivity index is 1.89. The molecule has 2 heterocycles. The Hall–Kier alpha value is -2.42. The van der Waals surface area contributed by atoms with E-state index in [4.69, 9.17) is 27.9 Å². The third kappa shape index (κ3) is 4.65. The molecule has 0 atom stereocenters. The summed E-state index contributed by atoms with van der Waals surface area (Å²) < 4.78 is 33.4. The highest BCUT2D eigenvalue weighted by Crippen LogP contribution is 2.31. The van der Waals surface area contributed by atoms with Crippen molar-refractivity contribution in [2.24, 2.45) is 0 Å². The van der Waals surface area contributed by atoms with E-state index in [0.717, 1.165) is 5.56 Å². The fourth-order valence-electron chi connectivity index (χ4n) is 2.13. The van der Waals surface area contributed by atoms with Crippen molar-refractivity contribution >= 4 is 39.0 Å². The highest BCUT2D eigenvalue weighted by Gasteiger charge is 2.22. The highest BCUT2D eigenvalue weighted by atomic mass is 35.5. The van der Waals surface area contributed by atoms with Crippen molar-refractivity contribution in [3.63, 3.8) is 0 Å². The lowest BCUT2D eigenvalue weighted by Gasteiger charge is -2.13. The average molecular weight is 425 g/mol. The average Bonchev–Trinajstić information content (AvgIpc) is 2.64. The van der Waals surface area contributed by atoms with Gasteiger partial charge in [-0.05, 0) is 36.8 Å². The summed E-state index contributed by atoms with van der Waals surface area (Å²) in [4.78, 5) is 12.1. The molecule has 0 saturated carbocycles. The van der Waals surface area contributed by atoms with Crippen molar-refractivity contribution in [1.29, 1.82) is 0 Å². The molecule has 7 nitrogen and oxygen atoms in total. The zero-order valence-corrected chi connectivity index (χ0v) is 16.4. The Morgan fingerprint density at radius 2 is 1.89 bits per heavy atom. The molecule has 1 aromatic carbocycles. The minimum Gasteiger partial charge on any atom is -0.470 e. The largest absolute Gasteiger partial charge is 0.470 e. The molecule has 0 bridgehead atoms. The number of nitrogens with one attached hydrogen (secondary N) is 1. The summed E-state index contributed by atoms with van der Waals surface area (Å²) in [6, 6.07) is 7.88. The maximum Gasteiger partial charge on any atom is 0.264 e. The second-order valence-corrected chi connectivity index (χ2v) is 7.90. The molecule has 27 heavy (non-hydrogen) atoms. The Morgan fingerprint density at radius 1 is 1.15 bits per heavy atom. The zero-order valence-electron chi connectivity index (χ0n) is 14.1. The van der Waals surface area contributed by atoms with Crippen LogP contribution in [0.3, 0.4) is 0 Å². The normalized spacial score (nSPS) is 11.2. The number of aryl methyl sites for hydroxylation is 1. The SMILES string of the molecule is Cc1cnc(NS(=O)(=O)c2cccc(Cl)c2Cl)c(OCc2ccncc2)n1. The van der Waals surface area contributed by atoms with Crippen LogP contribution in [0.4, 0.5) is 5.82 Å². The van der Waals surface area contributed by atoms with E-state index in [2.05, 4.69) is 19.7 Å². The van der Waals surface area contributed by atoms with Gasteiger partial charge in [0.2, 0.25) is 5.82 Å². The van der Waals surface area contributed by atoms with E-state index in [-0.39, 0.29) is 33.2 Å². The molecular formula is C17H14Cl2N4O3S. The number of anilines is 1. The summed E-state index contributed by atoms with van der Waals surface area (Å²) >= 11 is 11.9. The maximum atomic E-state index is 12.7. The van der Waals surface area contributed by atoms with Crippen LogP contribution in [0.25, 0.3) is 0 Å². The van der Waals surface area contributed by atoms with Crippen LogP contribution >= 0.6 is 23.2 Å². The smallest absolute Gasteiger partial charge is 0.264 e. The van der Waals surface area contributed by atoms with Gasteiger partial charge in [-0.15, -0.1) is 0 Å². The third-order valence-electron chi connectivity index (χ3n) is 3.42. The molecule has 0 fully saturated rings. The van der Waals surface area contributed by atoms with Crippen molar-refractivity contribution in [3.8, 4) is 5.88 Å². The number of aromatic nitrogens is 3. The standard InChI is InChI=1S/C17H14Cl2N4O3S/c1-11-9-21-16(17(22-11)26-10-12-5-7-20-8-6-12)23-27(24,25)14-4-2-3-13(18)15(14)19/h2-9H,10H2,1H3,(H,21,23). The highest BCUT2D eigenvalue weighted by molar-refractivity contribution is 7.92. The van der Waals surface area contributed by atoms with Gasteiger partial charge in [-0.2, -0.15) is 0 Å². The van der Waals surface area contributed by atoms with Crippen LogP contribution in [0.15, 0.2) is 53.8 Å². The summed E-state index contributed by atoms with van der Waals surface area (Å²) in [5, 5.41) is 0.0506. The molecule has 0 amide bonds. The maximum absolute atomic E-state index is 12.7. The molecule has 0 aliphatic rings. The van der Waals surface area contributed by atoms with E-state index >= 15 is 0 Å². The fourth-order valence-corrected chi connectivity index (χ4v) is 3.90. The number of rotatable bonds is 6. The number of hydrogen-bond acceptors (Lipinski definition) is 6. The van der Waals surface area contributed by atoms with Crippen LogP contribution in [0, 0.1) is 6.92 Å². The molecule has 0 aliphatic carbocycles. The summed E-state index contributed by atoms with van der Waals surface area (Å²) in [7, 11) is -4.04. The minimum absolute atomic E-state index is 0.0496. The fraction of sp³-hybridized carbons (Fsp3) is 0.118. The van der Waals surface area contributed by atoms with Crippen molar-refractivity contribution in [2.75, 3.05) is 4.72 Å². The van der Waals surface area contributed by atoms with Gasteiger partial charge in [0.05, 0.1) is 21.9 Å². The first kappa shape index (κ1) is 19.3. The number of hydrogen-bond donors (Lipinski definition) is 1. The van der Waals surface area contributed by atoms with Crippen LogP contribution in [0.1, 0.15) is 11.3 Å². The molecule has 0 radical (unpaired) electrons. The van der Waals surface area contributed by atoms with Crippen molar-refractivity contribution < 1.29 is 13.2 Å². The first-order valence-electron chi connectivity index (χ1n) is 7.69. The molecule has 2 aromatic heterocycles. The number of ether oxygens (including phenoxy) is 1. The summed E-state index contributed by atoms with van der Waals surface area (Å²) in [5.41, 5.74) is 1.42. The van der Waals surface area contributed by atoms with Gasteiger partial charge < -0.3 is 4.74 Å². The number of nitrogens with zero attached hydrogens (tertiary/aromatic N) is 3. The van der Waals surface area contributed by atoms with E-state index in [1.54, 1.807) is 31.5 Å². The molecule has 3 aromatic rings. The first-order chi connectivity index (χ1) is 12.9. The summed E-state index contributed by atoms with van der Waals surface area (Å²) in [5.74, 6) is -0.000707. The lowest BCUT2D eigenvalue weighted by Crippen LogP contribution is -2.16. The number of benzene rings is 1. The van der Waals surface area contributed by atoms with Crippen molar-refractivity contribution in [3.05, 3.63) is 70.2 Å². The Morgan fingerprint density at radius 3 is 2.63 bits per heavy atom. The lowest BCUT2D eigenvalue weighted by atomic mass is 10.3. The molecule has 10 heteroatoms. The third-order valence-corrected chi connectivity index (χ3v) is 5.73. The van der Waals surface area contributed by atoms with Crippen LogP contribution in [-0.2, 0) is 16.6 Å². The molecular weight excluding hydrogens is 411 g/mol. The zero-order chi connectivity index (χ0) is 19.4. The summed E-state index contributed by atoms with van der Waals surface area (Å²) in [6.07, 6.45) is 4.69. The monoisotopic (exact) mass is 424 g/mol. The van der Waals surface area contributed by atoms with Gasteiger partial charge in [-0.1, -0.05) is 29.3 Å². The molecule has 0 unspecified atom stereocenters. The number of pyridine rings is 1. The van der Waals surface area contributed by atoms with Gasteiger partial charge in [-0.3, -0.25) is 9.71 Å². The Bertz CT molecular complexity index is 1060. The lowest BCUT2D eigenvalue weighted by molar-refractivity contribution is 0.294.